The molecule has 1 atom stereocenters. The van der Waals surface area contributed by atoms with Crippen molar-refractivity contribution in [3.05, 3.63) is 66.4 Å². The summed E-state index contributed by atoms with van der Waals surface area (Å²) in [7, 11) is 0. The van der Waals surface area contributed by atoms with Gasteiger partial charge in [0, 0.05) is 23.0 Å². The summed E-state index contributed by atoms with van der Waals surface area (Å²) in [5.74, 6) is 5.11. The topological polar surface area (TPSA) is 130 Å². The number of rotatable bonds is 13. The largest absolute Gasteiger partial charge is 0.481 e. The Hall–Kier alpha value is -4.07. The van der Waals surface area contributed by atoms with E-state index in [9.17, 15) is 14.4 Å². The van der Waals surface area contributed by atoms with Crippen LogP contribution in [-0.4, -0.2) is 52.9 Å². The molecule has 0 radical (unpaired) electrons. The van der Waals surface area contributed by atoms with E-state index in [1.165, 1.54) is 18.0 Å². The van der Waals surface area contributed by atoms with E-state index in [1.54, 1.807) is 30.6 Å². The third-order valence-corrected chi connectivity index (χ3v) is 6.75. The van der Waals surface area contributed by atoms with Crippen molar-refractivity contribution < 1.29 is 24.3 Å². The third-order valence-electron chi connectivity index (χ3n) is 5.47. The van der Waals surface area contributed by atoms with Crippen LogP contribution in [0.5, 0.6) is 5.75 Å². The quantitative estimate of drug-likeness (QED) is 0.0870. The van der Waals surface area contributed by atoms with Crippen LogP contribution in [-0.2, 0) is 9.59 Å². The molecular formula is C28H30N4O5S. The highest BCUT2D eigenvalue weighted by molar-refractivity contribution is 8.00. The molecule has 1 heterocycles. The number of carbonyl (C=O) groups is 3. The zero-order valence-corrected chi connectivity index (χ0v) is 21.8. The fourth-order valence-electron chi connectivity index (χ4n) is 3.49. The zero-order valence-electron chi connectivity index (χ0n) is 21.0. The van der Waals surface area contributed by atoms with Gasteiger partial charge in [-0.05, 0) is 56.2 Å². The predicted molar refractivity (Wildman–Crippen MR) is 146 cm³/mol. The van der Waals surface area contributed by atoms with Gasteiger partial charge in [0.1, 0.15) is 12.4 Å². The molecule has 3 aromatic rings. The van der Waals surface area contributed by atoms with E-state index in [2.05, 4.69) is 27.5 Å². The first-order valence-corrected chi connectivity index (χ1v) is 13.0. The summed E-state index contributed by atoms with van der Waals surface area (Å²) in [6.07, 6.45) is 3.27. The van der Waals surface area contributed by atoms with E-state index < -0.39 is 11.2 Å². The molecule has 0 bridgehead atoms. The van der Waals surface area contributed by atoms with Crippen LogP contribution in [0.4, 0.5) is 0 Å². The Morgan fingerprint density at radius 3 is 2.63 bits per heavy atom. The second-order valence-electron chi connectivity index (χ2n) is 8.21. The normalized spacial score (nSPS) is 11.1. The first-order chi connectivity index (χ1) is 18.5. The Morgan fingerprint density at radius 2 is 1.87 bits per heavy atom. The van der Waals surface area contributed by atoms with Crippen LogP contribution in [0.2, 0.25) is 0 Å². The molecule has 1 unspecified atom stereocenters. The number of carbonyl (C=O) groups excluding carboxylic acids is 3. The highest BCUT2D eigenvalue weighted by atomic mass is 32.2. The van der Waals surface area contributed by atoms with Gasteiger partial charge in [0.2, 0.25) is 5.91 Å². The number of nitrogens with zero attached hydrogens (tertiary/aromatic N) is 1. The van der Waals surface area contributed by atoms with Crippen molar-refractivity contribution in [1.29, 1.82) is 0 Å². The number of hydrogen-bond donors (Lipinski definition) is 4. The number of nitrogens with one attached hydrogen (secondary N) is 3. The smallest absolute Gasteiger partial charge is 0.256 e. The molecule has 4 N–H and O–H groups in total. The number of unbranched alkanes of at least 4 members (excludes halogenated alkanes) is 1. The van der Waals surface area contributed by atoms with Crippen LogP contribution in [0.25, 0.3) is 10.9 Å². The summed E-state index contributed by atoms with van der Waals surface area (Å²) >= 11 is 1.34. The molecule has 2 aromatic carbocycles. The van der Waals surface area contributed by atoms with Gasteiger partial charge < -0.3 is 15.4 Å². The van der Waals surface area contributed by atoms with Crippen molar-refractivity contribution in [2.24, 2.45) is 0 Å². The minimum Gasteiger partial charge on any atom is -0.481 e. The number of para-hydroxylation sites is 1. The first-order valence-electron chi connectivity index (χ1n) is 12.1. The Bertz CT molecular complexity index is 1300. The molecule has 0 aliphatic heterocycles. The van der Waals surface area contributed by atoms with Crippen LogP contribution in [0.3, 0.4) is 0 Å². The Labute approximate surface area is 225 Å². The van der Waals surface area contributed by atoms with E-state index >= 15 is 0 Å². The average Bonchev–Trinajstić information content (AvgIpc) is 2.95. The molecule has 0 saturated heterocycles. The third kappa shape index (κ3) is 9.10. The maximum atomic E-state index is 12.4. The summed E-state index contributed by atoms with van der Waals surface area (Å²) in [6.45, 7) is 2.30. The molecule has 0 aliphatic rings. The number of thioether (sulfide) groups is 1. The Morgan fingerprint density at radius 1 is 1.08 bits per heavy atom. The van der Waals surface area contributed by atoms with E-state index in [0.717, 1.165) is 15.8 Å². The second-order valence-corrected chi connectivity index (χ2v) is 9.49. The van der Waals surface area contributed by atoms with Crippen LogP contribution >= 0.6 is 11.8 Å². The van der Waals surface area contributed by atoms with Gasteiger partial charge >= 0.3 is 0 Å². The highest BCUT2D eigenvalue weighted by Gasteiger charge is 2.19. The van der Waals surface area contributed by atoms with Crippen LogP contribution in [0.1, 0.15) is 36.5 Å². The Kier molecular flexibility index (Phi) is 11.4. The summed E-state index contributed by atoms with van der Waals surface area (Å²) in [5.41, 5.74) is 2.90. The summed E-state index contributed by atoms with van der Waals surface area (Å²) < 4.78 is 5.49. The van der Waals surface area contributed by atoms with Crippen molar-refractivity contribution >= 4 is 40.4 Å². The number of hydrogen-bond acceptors (Lipinski definition) is 7. The lowest BCUT2D eigenvalue weighted by Crippen LogP contribution is -2.37. The second kappa shape index (κ2) is 15.2. The maximum Gasteiger partial charge on any atom is 0.256 e. The van der Waals surface area contributed by atoms with Gasteiger partial charge in [0.05, 0.1) is 22.9 Å². The van der Waals surface area contributed by atoms with Crippen molar-refractivity contribution in [3.8, 4) is 17.6 Å². The van der Waals surface area contributed by atoms with Gasteiger partial charge in [-0.3, -0.25) is 24.6 Å². The van der Waals surface area contributed by atoms with Crippen molar-refractivity contribution in [3.63, 3.8) is 0 Å². The van der Waals surface area contributed by atoms with E-state index in [4.69, 9.17) is 9.94 Å². The predicted octanol–water partition coefficient (Wildman–Crippen LogP) is 3.32. The van der Waals surface area contributed by atoms with E-state index in [0.29, 0.717) is 43.7 Å². The van der Waals surface area contributed by atoms with Crippen LogP contribution < -0.4 is 20.9 Å². The molecule has 9 nitrogen and oxygen atoms in total. The fourth-order valence-corrected chi connectivity index (χ4v) is 4.55. The van der Waals surface area contributed by atoms with Crippen molar-refractivity contribution in [2.75, 3.05) is 19.7 Å². The molecule has 0 fully saturated rings. The van der Waals surface area contributed by atoms with Crippen LogP contribution in [0.15, 0.2) is 65.7 Å². The van der Waals surface area contributed by atoms with E-state index in [1.807, 2.05) is 36.4 Å². The van der Waals surface area contributed by atoms with Crippen molar-refractivity contribution in [2.45, 2.75) is 36.3 Å². The molecule has 0 saturated carbocycles. The van der Waals surface area contributed by atoms with Crippen molar-refractivity contribution in [1.82, 2.24) is 21.1 Å². The van der Waals surface area contributed by atoms with Gasteiger partial charge in [-0.1, -0.05) is 30.5 Å². The molecule has 198 valence electrons. The molecular weight excluding hydrogens is 504 g/mol. The van der Waals surface area contributed by atoms with Gasteiger partial charge in [0.15, 0.2) is 0 Å². The number of aromatic nitrogens is 1. The minimum absolute atomic E-state index is 0.151. The van der Waals surface area contributed by atoms with Crippen LogP contribution in [0, 0.1) is 11.8 Å². The van der Waals surface area contributed by atoms with Gasteiger partial charge in [-0.15, -0.1) is 17.7 Å². The Balaban J connectivity index is 1.36. The van der Waals surface area contributed by atoms with E-state index in [-0.39, 0.29) is 18.4 Å². The lowest BCUT2D eigenvalue weighted by atomic mass is 10.1. The van der Waals surface area contributed by atoms with Gasteiger partial charge in [-0.2, -0.15) is 0 Å². The molecule has 10 heteroatoms. The standard InChI is InChI=1S/C28H30N4O5S/c1-2-3-16-37-22-11-13-23(14-12-22)38-25(28(35)32-36)10-6-7-15-29-26(33)19-31-27(34)21-17-20-8-4-5-9-24(20)30-18-21/h4-5,8-9,11-14,17-18,25,36H,6-7,10,15-16,19H2,1H3,(H,29,33)(H,31,34)(H,32,35). The summed E-state index contributed by atoms with van der Waals surface area (Å²) in [5, 5.41) is 14.8. The lowest BCUT2D eigenvalue weighted by molar-refractivity contribution is -0.128. The maximum absolute atomic E-state index is 12.4. The number of hydroxylamine groups is 1. The average molecular weight is 535 g/mol. The number of ether oxygens (including phenoxy) is 1. The zero-order chi connectivity index (χ0) is 27.2. The summed E-state index contributed by atoms with van der Waals surface area (Å²) in [4.78, 5) is 41.7. The molecule has 3 rings (SSSR count). The number of benzene rings is 2. The fraction of sp³-hybridized carbons (Fsp3) is 0.286. The molecule has 0 spiro atoms. The first kappa shape index (κ1) is 28.5. The number of pyridine rings is 1. The number of amides is 3. The monoisotopic (exact) mass is 534 g/mol. The highest BCUT2D eigenvalue weighted by Crippen LogP contribution is 2.28. The summed E-state index contributed by atoms with van der Waals surface area (Å²) in [6, 6.07) is 16.5. The lowest BCUT2D eigenvalue weighted by Gasteiger charge is -2.15. The number of fused-ring (bicyclic) bond motifs is 1. The molecule has 3 amide bonds. The van der Waals surface area contributed by atoms with Gasteiger partial charge in [0.25, 0.3) is 11.8 Å². The SMILES string of the molecule is CC#CCOc1ccc(SC(CCCCNC(=O)CNC(=O)c2cnc3ccccc3c2)C(=O)NO)cc1. The van der Waals surface area contributed by atoms with Gasteiger partial charge in [-0.25, -0.2) is 5.48 Å². The molecule has 38 heavy (non-hydrogen) atoms. The minimum atomic E-state index is -0.497. The molecule has 0 aliphatic carbocycles. The molecule has 1 aromatic heterocycles.